The lowest BCUT2D eigenvalue weighted by atomic mass is 9.84. The minimum absolute atomic E-state index is 0.210. The molecule has 0 aliphatic heterocycles. The fraction of sp³-hybridized carbons (Fsp3) is 0.433. The molecule has 0 amide bonds. The maximum Gasteiger partial charge on any atom is 0.152 e. The van der Waals surface area contributed by atoms with Gasteiger partial charge in [-0.2, -0.15) is 5.10 Å². The minimum atomic E-state index is 0.210. The fourth-order valence-electron chi connectivity index (χ4n) is 4.50. The van der Waals surface area contributed by atoms with Gasteiger partial charge >= 0.3 is 0 Å². The summed E-state index contributed by atoms with van der Waals surface area (Å²) in [6, 6.07) is 16.3. The average Bonchev–Trinajstić information content (AvgIpc) is 2.92. The van der Waals surface area contributed by atoms with Crippen molar-refractivity contribution in [1.29, 1.82) is 0 Å². The number of rotatable bonds is 11. The van der Waals surface area contributed by atoms with Crippen molar-refractivity contribution in [3.63, 3.8) is 0 Å². The first kappa shape index (κ1) is 27.9. The first-order valence-corrected chi connectivity index (χ1v) is 14.2. The van der Waals surface area contributed by atoms with Gasteiger partial charge in [0.05, 0.1) is 6.21 Å². The van der Waals surface area contributed by atoms with Crippen LogP contribution in [-0.2, 0) is 0 Å². The zero-order valence-corrected chi connectivity index (χ0v) is 24.4. The quantitative estimate of drug-likeness (QED) is 0.145. The van der Waals surface area contributed by atoms with Crippen molar-refractivity contribution < 1.29 is 9.47 Å². The molecular formula is C30H38BrN5O2. The van der Waals surface area contributed by atoms with Gasteiger partial charge in [0.2, 0.25) is 0 Å². The summed E-state index contributed by atoms with van der Waals surface area (Å²) in [7, 11) is 3.92. The molecule has 1 heterocycles. The molecule has 38 heavy (non-hydrogen) atoms. The number of nitrogens with one attached hydrogen (secondary N) is 1. The van der Waals surface area contributed by atoms with E-state index in [-0.39, 0.29) is 5.92 Å². The summed E-state index contributed by atoms with van der Waals surface area (Å²) in [5, 5.41) is 4.42. The monoisotopic (exact) mass is 579 g/mol. The van der Waals surface area contributed by atoms with E-state index >= 15 is 0 Å². The number of benzene rings is 2. The van der Waals surface area contributed by atoms with Crippen molar-refractivity contribution in [3.8, 4) is 11.5 Å². The van der Waals surface area contributed by atoms with Gasteiger partial charge in [0.15, 0.2) is 5.82 Å². The van der Waals surface area contributed by atoms with E-state index < -0.39 is 0 Å². The second kappa shape index (κ2) is 13.6. The van der Waals surface area contributed by atoms with E-state index in [1.807, 2.05) is 43.3 Å². The molecule has 1 saturated carbocycles. The Labute approximate surface area is 234 Å². The van der Waals surface area contributed by atoms with Gasteiger partial charge in [0.25, 0.3) is 0 Å². The third-order valence-corrected chi connectivity index (χ3v) is 7.12. The van der Waals surface area contributed by atoms with Crippen LogP contribution in [0.2, 0.25) is 0 Å². The van der Waals surface area contributed by atoms with E-state index in [1.54, 1.807) is 6.21 Å². The van der Waals surface area contributed by atoms with Gasteiger partial charge in [-0.25, -0.2) is 9.97 Å². The van der Waals surface area contributed by atoms with Crippen molar-refractivity contribution >= 4 is 33.8 Å². The summed E-state index contributed by atoms with van der Waals surface area (Å²) in [6.07, 6.45) is 8.40. The van der Waals surface area contributed by atoms with E-state index in [2.05, 4.69) is 74.5 Å². The number of anilines is 2. The summed E-state index contributed by atoms with van der Waals surface area (Å²) in [5.41, 5.74) is 5.32. The lowest BCUT2D eigenvalue weighted by Gasteiger charge is -2.22. The molecule has 1 aliphatic rings. The first-order valence-electron chi connectivity index (χ1n) is 13.4. The van der Waals surface area contributed by atoms with Crippen LogP contribution in [0.15, 0.2) is 58.1 Å². The lowest BCUT2D eigenvalue weighted by molar-refractivity contribution is 0.217. The summed E-state index contributed by atoms with van der Waals surface area (Å²) < 4.78 is 12.9. The van der Waals surface area contributed by atoms with Gasteiger partial charge in [-0.1, -0.05) is 61.2 Å². The zero-order chi connectivity index (χ0) is 26.9. The molecule has 3 aromatic rings. The number of halogens is 1. The number of aromatic nitrogens is 2. The van der Waals surface area contributed by atoms with Crippen molar-refractivity contribution in [3.05, 3.63) is 70.0 Å². The molecule has 0 bridgehead atoms. The normalized spacial score (nSPS) is 14.2. The summed E-state index contributed by atoms with van der Waals surface area (Å²) in [4.78, 5) is 11.1. The van der Waals surface area contributed by atoms with Crippen LogP contribution in [0.25, 0.3) is 0 Å². The van der Waals surface area contributed by atoms with Crippen molar-refractivity contribution in [1.82, 2.24) is 9.97 Å². The van der Waals surface area contributed by atoms with Crippen LogP contribution in [0, 0.1) is 0 Å². The third-order valence-electron chi connectivity index (χ3n) is 6.63. The van der Waals surface area contributed by atoms with Gasteiger partial charge in [-0.15, -0.1) is 0 Å². The minimum Gasteiger partial charge on any atom is -0.490 e. The second-order valence-corrected chi connectivity index (χ2v) is 11.1. The fourth-order valence-corrected chi connectivity index (χ4v) is 4.88. The highest BCUT2D eigenvalue weighted by Crippen LogP contribution is 2.33. The summed E-state index contributed by atoms with van der Waals surface area (Å²) >= 11 is 3.54. The van der Waals surface area contributed by atoms with E-state index in [0.717, 1.165) is 33.2 Å². The highest BCUT2D eigenvalue weighted by Gasteiger charge is 2.15. The highest BCUT2D eigenvalue weighted by molar-refractivity contribution is 9.10. The van der Waals surface area contributed by atoms with Gasteiger partial charge in [-0.3, -0.25) is 5.43 Å². The Kier molecular flexibility index (Phi) is 9.98. The number of nitrogens with zero attached hydrogens (tertiary/aromatic N) is 4. The zero-order valence-electron chi connectivity index (χ0n) is 22.8. The summed E-state index contributed by atoms with van der Waals surface area (Å²) in [5.74, 6) is 4.76. The predicted octanol–water partition coefficient (Wildman–Crippen LogP) is 7.38. The Morgan fingerprint density at radius 1 is 1.00 bits per heavy atom. The van der Waals surface area contributed by atoms with Crippen LogP contribution in [0.3, 0.4) is 0 Å². The maximum absolute atomic E-state index is 6.04. The van der Waals surface area contributed by atoms with E-state index in [4.69, 9.17) is 9.47 Å². The highest BCUT2D eigenvalue weighted by atomic mass is 79.9. The van der Waals surface area contributed by atoms with Crippen LogP contribution in [0.1, 0.15) is 74.7 Å². The molecule has 0 saturated heterocycles. The van der Waals surface area contributed by atoms with E-state index in [1.165, 1.54) is 37.7 Å². The number of hydrazone groups is 1. The largest absolute Gasteiger partial charge is 0.490 e. The summed E-state index contributed by atoms with van der Waals surface area (Å²) in [6.45, 7) is 5.03. The molecule has 4 rings (SSSR count). The molecule has 1 N–H and O–H groups in total. The number of hydrogen-bond acceptors (Lipinski definition) is 7. The lowest BCUT2D eigenvalue weighted by Crippen LogP contribution is -2.14. The second-order valence-electron chi connectivity index (χ2n) is 10.2. The maximum atomic E-state index is 6.04. The van der Waals surface area contributed by atoms with Gasteiger partial charge in [-0.05, 0) is 54.7 Å². The Balaban J connectivity index is 1.33. The van der Waals surface area contributed by atoms with Crippen LogP contribution in [0.4, 0.5) is 11.6 Å². The first-order chi connectivity index (χ1) is 18.4. The molecule has 8 heteroatoms. The van der Waals surface area contributed by atoms with Crippen LogP contribution < -0.4 is 19.8 Å². The molecule has 202 valence electrons. The SMILES string of the molecule is CC(C)c1nc(NN=Cc2cc(Br)ccc2OCCOc2ccc(C3CCCCC3)cc2)cc(N(C)C)n1. The number of ether oxygens (including phenoxy) is 2. The Morgan fingerprint density at radius 3 is 2.45 bits per heavy atom. The van der Waals surface area contributed by atoms with Crippen LogP contribution in [0.5, 0.6) is 11.5 Å². The average molecular weight is 581 g/mol. The van der Waals surface area contributed by atoms with E-state index in [9.17, 15) is 0 Å². The van der Waals surface area contributed by atoms with Crippen molar-refractivity contribution in [2.75, 3.05) is 37.6 Å². The molecule has 2 aromatic carbocycles. The molecule has 0 unspecified atom stereocenters. The standard InChI is InChI=1S/C30H38BrN5O2/c1-21(2)30-33-28(19-29(34-30)36(3)4)35-32-20-24-18-25(31)12-15-27(24)38-17-16-37-26-13-10-23(11-14-26)22-8-6-5-7-9-22/h10-15,18-22H,5-9,16-17H2,1-4H3,(H,33,34,35). The third kappa shape index (κ3) is 7.93. The van der Waals surface area contributed by atoms with Gasteiger partial charge in [0, 0.05) is 36.1 Å². The molecular weight excluding hydrogens is 542 g/mol. The molecule has 1 fully saturated rings. The topological polar surface area (TPSA) is 71.9 Å². The van der Waals surface area contributed by atoms with Crippen LogP contribution >= 0.6 is 15.9 Å². The van der Waals surface area contributed by atoms with Gasteiger partial charge in [0.1, 0.15) is 36.4 Å². The molecule has 0 radical (unpaired) electrons. The Hall–Kier alpha value is -3.13. The predicted molar refractivity (Wildman–Crippen MR) is 159 cm³/mol. The Morgan fingerprint density at radius 2 is 1.74 bits per heavy atom. The molecule has 7 nitrogen and oxygen atoms in total. The number of hydrogen-bond donors (Lipinski definition) is 1. The smallest absolute Gasteiger partial charge is 0.152 e. The molecule has 0 atom stereocenters. The molecule has 0 spiro atoms. The van der Waals surface area contributed by atoms with Crippen molar-refractivity contribution in [2.45, 2.75) is 57.8 Å². The Bertz CT molecular complexity index is 1180. The van der Waals surface area contributed by atoms with E-state index in [0.29, 0.717) is 24.9 Å². The van der Waals surface area contributed by atoms with Crippen LogP contribution in [-0.4, -0.2) is 43.5 Å². The molecule has 1 aliphatic carbocycles. The molecule has 1 aromatic heterocycles. The van der Waals surface area contributed by atoms with Gasteiger partial charge < -0.3 is 14.4 Å². The van der Waals surface area contributed by atoms with Crippen molar-refractivity contribution in [2.24, 2.45) is 5.10 Å².